The maximum atomic E-state index is 13.5. The van der Waals surface area contributed by atoms with Crippen molar-refractivity contribution in [2.75, 3.05) is 25.0 Å². The van der Waals surface area contributed by atoms with Crippen molar-refractivity contribution < 1.29 is 18.0 Å². The highest BCUT2D eigenvalue weighted by atomic mass is 32.2. The summed E-state index contributed by atoms with van der Waals surface area (Å²) in [5.41, 5.74) is 1.28. The first kappa shape index (κ1) is 25.7. The number of carbonyl (C=O) groups excluding carboxylic acids is 2. The van der Waals surface area contributed by atoms with Crippen LogP contribution in [0.3, 0.4) is 0 Å². The molecule has 190 valence electrons. The zero-order valence-electron chi connectivity index (χ0n) is 20.8. The van der Waals surface area contributed by atoms with Crippen LogP contribution in [-0.2, 0) is 10.0 Å². The van der Waals surface area contributed by atoms with Crippen molar-refractivity contribution >= 4 is 38.4 Å². The molecule has 0 aliphatic carbocycles. The van der Waals surface area contributed by atoms with E-state index in [2.05, 4.69) is 15.4 Å². The van der Waals surface area contributed by atoms with Gasteiger partial charge in [-0.25, -0.2) is 17.9 Å². The minimum Gasteiger partial charge on any atom is -0.338 e. The summed E-state index contributed by atoms with van der Waals surface area (Å²) in [4.78, 5) is 26.9. The lowest BCUT2D eigenvalue weighted by molar-refractivity contribution is 0.102. The molecule has 3 aromatic rings. The predicted octanol–water partition coefficient (Wildman–Crippen LogP) is 4.26. The number of aryl methyl sites for hydroxylation is 1. The summed E-state index contributed by atoms with van der Waals surface area (Å²) in [7, 11) is -3.88. The Balaban J connectivity index is 1.58. The SMILES string of the molecule is CCNC(=O)N1CCC(C)(NS(=O)(=O)c2ccc(NC(=O)c3ccccc3C)c3ccccc23)CC1. The zero-order chi connectivity index (χ0) is 25.9. The molecule has 0 atom stereocenters. The molecule has 3 amide bonds. The second-order valence-corrected chi connectivity index (χ2v) is 11.1. The van der Waals surface area contributed by atoms with E-state index in [9.17, 15) is 18.0 Å². The fourth-order valence-corrected chi connectivity index (χ4v) is 6.26. The number of carbonyl (C=O) groups is 2. The van der Waals surface area contributed by atoms with E-state index in [0.29, 0.717) is 54.5 Å². The van der Waals surface area contributed by atoms with E-state index >= 15 is 0 Å². The average Bonchev–Trinajstić information content (AvgIpc) is 2.84. The van der Waals surface area contributed by atoms with E-state index in [4.69, 9.17) is 0 Å². The average molecular weight is 509 g/mol. The molecule has 0 spiro atoms. The number of fused-ring (bicyclic) bond motifs is 1. The van der Waals surface area contributed by atoms with Crippen molar-refractivity contribution in [1.82, 2.24) is 14.9 Å². The Morgan fingerprint density at radius 2 is 1.58 bits per heavy atom. The molecule has 1 heterocycles. The third-order valence-corrected chi connectivity index (χ3v) is 8.37. The summed E-state index contributed by atoms with van der Waals surface area (Å²) in [5.74, 6) is -0.252. The lowest BCUT2D eigenvalue weighted by Crippen LogP contribution is -2.55. The fraction of sp³-hybridized carbons (Fsp3) is 0.333. The molecule has 4 rings (SSSR count). The molecule has 0 aromatic heterocycles. The molecule has 1 aliphatic heterocycles. The molecular weight excluding hydrogens is 476 g/mol. The monoisotopic (exact) mass is 508 g/mol. The van der Waals surface area contributed by atoms with Gasteiger partial charge in [0.15, 0.2) is 0 Å². The lowest BCUT2D eigenvalue weighted by atomic mass is 9.91. The Hall–Kier alpha value is -3.43. The molecule has 1 fully saturated rings. The van der Waals surface area contributed by atoms with Crippen molar-refractivity contribution in [3.8, 4) is 0 Å². The maximum Gasteiger partial charge on any atom is 0.317 e. The lowest BCUT2D eigenvalue weighted by Gasteiger charge is -2.39. The minimum atomic E-state index is -3.88. The van der Waals surface area contributed by atoms with Gasteiger partial charge in [-0.1, -0.05) is 42.5 Å². The van der Waals surface area contributed by atoms with Crippen LogP contribution in [0.2, 0.25) is 0 Å². The topological polar surface area (TPSA) is 108 Å². The molecule has 3 N–H and O–H groups in total. The van der Waals surface area contributed by atoms with Gasteiger partial charge in [-0.3, -0.25) is 4.79 Å². The number of nitrogens with zero attached hydrogens (tertiary/aromatic N) is 1. The number of urea groups is 1. The van der Waals surface area contributed by atoms with Gasteiger partial charge in [0.2, 0.25) is 10.0 Å². The standard InChI is InChI=1S/C27H32N4O4S/c1-4-28-26(33)31-17-15-27(3,16-18-31)30-36(34,35)24-14-13-23(21-11-7-8-12-22(21)24)29-25(32)20-10-6-5-9-19(20)2/h5-14,30H,4,15-18H2,1-3H3,(H,28,33)(H,29,32). The number of sulfonamides is 1. The van der Waals surface area contributed by atoms with Gasteiger partial charge in [0.05, 0.1) is 4.90 Å². The molecular formula is C27H32N4O4S. The molecule has 0 unspecified atom stereocenters. The number of anilines is 1. The number of amides is 3. The normalized spacial score (nSPS) is 15.5. The molecule has 36 heavy (non-hydrogen) atoms. The summed E-state index contributed by atoms with van der Waals surface area (Å²) in [6.07, 6.45) is 1.01. The van der Waals surface area contributed by atoms with Gasteiger partial charge in [-0.2, -0.15) is 0 Å². The predicted molar refractivity (Wildman–Crippen MR) is 142 cm³/mol. The number of hydrogen-bond donors (Lipinski definition) is 3. The molecule has 9 heteroatoms. The van der Waals surface area contributed by atoms with E-state index < -0.39 is 15.6 Å². The third-order valence-electron chi connectivity index (χ3n) is 6.67. The van der Waals surface area contributed by atoms with Gasteiger partial charge in [0.1, 0.15) is 0 Å². The molecule has 1 aliphatic rings. The summed E-state index contributed by atoms with van der Waals surface area (Å²) in [6.45, 7) is 7.09. The second kappa shape index (κ2) is 10.3. The van der Waals surface area contributed by atoms with Crippen LogP contribution in [0.1, 0.15) is 42.6 Å². The summed E-state index contributed by atoms with van der Waals surface area (Å²) >= 11 is 0. The third kappa shape index (κ3) is 5.37. The largest absolute Gasteiger partial charge is 0.338 e. The highest BCUT2D eigenvalue weighted by molar-refractivity contribution is 7.89. The molecule has 1 saturated heterocycles. The highest BCUT2D eigenvalue weighted by Crippen LogP contribution is 2.32. The number of benzene rings is 3. The van der Waals surface area contributed by atoms with Crippen LogP contribution >= 0.6 is 0 Å². The minimum absolute atomic E-state index is 0.128. The van der Waals surface area contributed by atoms with E-state index in [1.807, 2.05) is 45.0 Å². The molecule has 0 bridgehead atoms. The summed E-state index contributed by atoms with van der Waals surface area (Å²) in [5, 5.41) is 6.89. The smallest absolute Gasteiger partial charge is 0.317 e. The van der Waals surface area contributed by atoms with Crippen LogP contribution in [0.5, 0.6) is 0 Å². The molecule has 8 nitrogen and oxygen atoms in total. The number of likely N-dealkylation sites (tertiary alicyclic amines) is 1. The first-order valence-corrected chi connectivity index (χ1v) is 13.6. The first-order chi connectivity index (χ1) is 17.1. The van der Waals surface area contributed by atoms with Crippen molar-refractivity contribution in [3.63, 3.8) is 0 Å². The van der Waals surface area contributed by atoms with Crippen LogP contribution in [0.25, 0.3) is 10.8 Å². The van der Waals surface area contributed by atoms with Gasteiger partial charge in [-0.15, -0.1) is 0 Å². The Kier molecular flexibility index (Phi) is 7.33. The number of piperidine rings is 1. The van der Waals surface area contributed by atoms with Gasteiger partial charge >= 0.3 is 6.03 Å². The summed E-state index contributed by atoms with van der Waals surface area (Å²) < 4.78 is 30.0. The van der Waals surface area contributed by atoms with Crippen LogP contribution < -0.4 is 15.4 Å². The van der Waals surface area contributed by atoms with Gasteiger partial charge in [0, 0.05) is 47.2 Å². The van der Waals surface area contributed by atoms with Crippen LogP contribution in [0.4, 0.5) is 10.5 Å². The van der Waals surface area contributed by atoms with E-state index in [1.54, 1.807) is 35.2 Å². The van der Waals surface area contributed by atoms with Gasteiger partial charge in [-0.05, 0) is 57.4 Å². The highest BCUT2D eigenvalue weighted by Gasteiger charge is 2.36. The number of hydrogen-bond acceptors (Lipinski definition) is 4. The van der Waals surface area contributed by atoms with E-state index in [0.717, 1.165) is 5.56 Å². The Morgan fingerprint density at radius 3 is 2.25 bits per heavy atom. The molecule has 0 radical (unpaired) electrons. The van der Waals surface area contributed by atoms with Crippen molar-refractivity contribution in [3.05, 3.63) is 71.8 Å². The first-order valence-electron chi connectivity index (χ1n) is 12.1. The van der Waals surface area contributed by atoms with Crippen LogP contribution in [0.15, 0.2) is 65.6 Å². The quantitative estimate of drug-likeness (QED) is 0.462. The summed E-state index contributed by atoms with van der Waals surface area (Å²) in [6, 6.07) is 17.5. The Morgan fingerprint density at radius 1 is 0.944 bits per heavy atom. The van der Waals surface area contributed by atoms with Gasteiger partial charge in [0.25, 0.3) is 5.91 Å². The number of rotatable bonds is 6. The van der Waals surface area contributed by atoms with Crippen molar-refractivity contribution in [2.45, 2.75) is 44.0 Å². The second-order valence-electron chi connectivity index (χ2n) is 9.41. The molecule has 3 aromatic carbocycles. The van der Waals surface area contributed by atoms with Gasteiger partial charge < -0.3 is 15.5 Å². The Bertz CT molecular complexity index is 1400. The Labute approximate surface area is 212 Å². The zero-order valence-corrected chi connectivity index (χ0v) is 21.6. The molecule has 0 saturated carbocycles. The fourth-order valence-electron chi connectivity index (χ4n) is 4.58. The van der Waals surface area contributed by atoms with Crippen molar-refractivity contribution in [2.24, 2.45) is 0 Å². The maximum absolute atomic E-state index is 13.5. The van der Waals surface area contributed by atoms with E-state index in [-0.39, 0.29) is 16.8 Å². The van der Waals surface area contributed by atoms with E-state index in [1.165, 1.54) is 6.07 Å². The number of nitrogens with one attached hydrogen (secondary N) is 3. The van der Waals surface area contributed by atoms with Crippen LogP contribution in [0, 0.1) is 6.92 Å². The van der Waals surface area contributed by atoms with Crippen LogP contribution in [-0.4, -0.2) is 50.4 Å². The van der Waals surface area contributed by atoms with Crippen molar-refractivity contribution in [1.29, 1.82) is 0 Å².